The zero-order chi connectivity index (χ0) is 12.3. The summed E-state index contributed by atoms with van der Waals surface area (Å²) in [6, 6.07) is 6.10. The highest BCUT2D eigenvalue weighted by Crippen LogP contribution is 2.22. The van der Waals surface area contributed by atoms with E-state index in [-0.39, 0.29) is 24.6 Å². The molecule has 0 radical (unpaired) electrons. The molecule has 0 aliphatic heterocycles. The zero-order valence-corrected chi connectivity index (χ0v) is 9.81. The quantitative estimate of drug-likeness (QED) is 0.893. The van der Waals surface area contributed by atoms with E-state index in [2.05, 4.69) is 0 Å². The van der Waals surface area contributed by atoms with Crippen LogP contribution in [-0.4, -0.2) is 19.1 Å². The molecule has 0 aliphatic carbocycles. The maximum absolute atomic E-state index is 12.2. The Hall–Kier alpha value is -1.27. The van der Waals surface area contributed by atoms with Crippen LogP contribution in [0.4, 0.5) is 18.9 Å². The number of amides is 1. The van der Waals surface area contributed by atoms with Gasteiger partial charge in [-0.1, -0.05) is 12.1 Å². The number of benzene rings is 1. The zero-order valence-electron chi connectivity index (χ0n) is 8.99. The average molecular weight is 269 g/mol. The molecule has 1 rings (SSSR count). The fourth-order valence-corrected chi connectivity index (χ4v) is 1.20. The highest BCUT2D eigenvalue weighted by atomic mass is 35.5. The fourth-order valence-electron chi connectivity index (χ4n) is 1.20. The first-order valence-electron chi connectivity index (χ1n) is 4.50. The monoisotopic (exact) mass is 268 g/mol. The van der Waals surface area contributed by atoms with Crippen LogP contribution >= 0.6 is 12.4 Å². The van der Waals surface area contributed by atoms with E-state index < -0.39 is 12.1 Å². The van der Waals surface area contributed by atoms with Gasteiger partial charge < -0.3 is 10.6 Å². The van der Waals surface area contributed by atoms with Crippen LogP contribution in [0.1, 0.15) is 5.56 Å². The van der Waals surface area contributed by atoms with Crippen LogP contribution in [0.25, 0.3) is 0 Å². The number of nitrogens with two attached hydrogens (primary N) is 1. The minimum Gasteiger partial charge on any atom is -0.326 e. The van der Waals surface area contributed by atoms with Gasteiger partial charge in [0, 0.05) is 19.3 Å². The standard InChI is InChI=1S/C10H11F3N2O.ClH/c1-15(9(16)10(11,12)13)8-4-2-3-7(5-8)6-14;/h2-5H,6,14H2,1H3;1H. The molecule has 0 aromatic heterocycles. The van der Waals surface area contributed by atoms with Crippen molar-refractivity contribution in [2.75, 3.05) is 11.9 Å². The van der Waals surface area contributed by atoms with E-state index in [0.717, 1.165) is 7.05 Å². The van der Waals surface area contributed by atoms with Crippen LogP contribution in [0.5, 0.6) is 0 Å². The number of hydrogen-bond donors (Lipinski definition) is 1. The minimum absolute atomic E-state index is 0. The lowest BCUT2D eigenvalue weighted by Crippen LogP contribution is -2.38. The second kappa shape index (κ2) is 5.88. The summed E-state index contributed by atoms with van der Waals surface area (Å²) in [6.07, 6.45) is -4.87. The van der Waals surface area contributed by atoms with Gasteiger partial charge in [0.2, 0.25) is 0 Å². The lowest BCUT2D eigenvalue weighted by molar-refractivity contribution is -0.170. The Morgan fingerprint density at radius 1 is 1.41 bits per heavy atom. The Balaban J connectivity index is 0.00000256. The van der Waals surface area contributed by atoms with E-state index in [0.29, 0.717) is 10.5 Å². The van der Waals surface area contributed by atoms with E-state index in [1.807, 2.05) is 0 Å². The van der Waals surface area contributed by atoms with Gasteiger partial charge in [0.05, 0.1) is 0 Å². The van der Waals surface area contributed by atoms with Crippen molar-refractivity contribution >= 4 is 24.0 Å². The van der Waals surface area contributed by atoms with Gasteiger partial charge >= 0.3 is 12.1 Å². The number of anilines is 1. The lowest BCUT2D eigenvalue weighted by atomic mass is 10.2. The van der Waals surface area contributed by atoms with Crippen LogP contribution in [0.3, 0.4) is 0 Å². The number of rotatable bonds is 2. The molecule has 0 unspecified atom stereocenters. The van der Waals surface area contributed by atoms with E-state index in [1.165, 1.54) is 12.1 Å². The molecular formula is C10H12ClF3N2O. The predicted octanol–water partition coefficient (Wildman–Crippen LogP) is 2.09. The molecule has 0 atom stereocenters. The summed E-state index contributed by atoms with van der Waals surface area (Å²) in [6.45, 7) is 0.210. The van der Waals surface area contributed by atoms with Gasteiger partial charge in [-0.05, 0) is 17.7 Å². The molecule has 0 fully saturated rings. The van der Waals surface area contributed by atoms with E-state index in [9.17, 15) is 18.0 Å². The fraction of sp³-hybridized carbons (Fsp3) is 0.300. The van der Waals surface area contributed by atoms with E-state index in [4.69, 9.17) is 5.73 Å². The van der Waals surface area contributed by atoms with Crippen molar-refractivity contribution in [1.82, 2.24) is 0 Å². The Kier molecular flexibility index (Phi) is 5.44. The summed E-state index contributed by atoms with van der Waals surface area (Å²) in [5.41, 5.74) is 6.19. The van der Waals surface area contributed by atoms with Crippen LogP contribution in [0.15, 0.2) is 24.3 Å². The van der Waals surface area contributed by atoms with Crippen molar-refractivity contribution in [3.8, 4) is 0 Å². The molecule has 0 spiro atoms. The maximum Gasteiger partial charge on any atom is 0.471 e. The molecule has 0 saturated carbocycles. The van der Waals surface area contributed by atoms with Gasteiger partial charge in [-0.25, -0.2) is 0 Å². The molecule has 1 aromatic rings. The second-order valence-electron chi connectivity index (χ2n) is 3.24. The van der Waals surface area contributed by atoms with E-state index in [1.54, 1.807) is 12.1 Å². The van der Waals surface area contributed by atoms with Crippen molar-refractivity contribution in [3.63, 3.8) is 0 Å². The Morgan fingerprint density at radius 2 is 2.00 bits per heavy atom. The first-order valence-corrected chi connectivity index (χ1v) is 4.50. The molecule has 96 valence electrons. The molecule has 2 N–H and O–H groups in total. The van der Waals surface area contributed by atoms with Crippen molar-refractivity contribution < 1.29 is 18.0 Å². The molecular weight excluding hydrogens is 257 g/mol. The van der Waals surface area contributed by atoms with Crippen molar-refractivity contribution in [2.45, 2.75) is 12.7 Å². The van der Waals surface area contributed by atoms with Gasteiger partial charge in [-0.3, -0.25) is 4.79 Å². The highest BCUT2D eigenvalue weighted by Gasteiger charge is 2.41. The largest absolute Gasteiger partial charge is 0.471 e. The third-order valence-electron chi connectivity index (χ3n) is 2.08. The van der Waals surface area contributed by atoms with Crippen molar-refractivity contribution in [1.29, 1.82) is 0 Å². The van der Waals surface area contributed by atoms with Gasteiger partial charge in [0.25, 0.3) is 0 Å². The van der Waals surface area contributed by atoms with Gasteiger partial charge in [-0.2, -0.15) is 13.2 Å². The van der Waals surface area contributed by atoms with Crippen LogP contribution in [0, 0.1) is 0 Å². The molecule has 0 saturated heterocycles. The first-order chi connectivity index (χ1) is 7.36. The first kappa shape index (κ1) is 15.7. The number of carbonyl (C=O) groups is 1. The van der Waals surface area contributed by atoms with Crippen LogP contribution in [0.2, 0.25) is 0 Å². The summed E-state index contributed by atoms with van der Waals surface area (Å²) in [5, 5.41) is 0. The molecule has 7 heteroatoms. The smallest absolute Gasteiger partial charge is 0.326 e. The second-order valence-corrected chi connectivity index (χ2v) is 3.24. The number of carbonyl (C=O) groups excluding carboxylic acids is 1. The Bertz CT molecular complexity index is 395. The third kappa shape index (κ3) is 3.90. The maximum atomic E-state index is 12.2. The Labute approximate surface area is 103 Å². The summed E-state index contributed by atoms with van der Waals surface area (Å²) < 4.78 is 36.5. The molecule has 0 heterocycles. The van der Waals surface area contributed by atoms with Gasteiger partial charge in [0.15, 0.2) is 0 Å². The number of nitrogens with zero attached hydrogens (tertiary/aromatic N) is 1. The topological polar surface area (TPSA) is 46.3 Å². The number of alkyl halides is 3. The normalized spacial score (nSPS) is 10.6. The van der Waals surface area contributed by atoms with E-state index >= 15 is 0 Å². The molecule has 1 amide bonds. The summed E-state index contributed by atoms with van der Waals surface area (Å²) in [7, 11) is 1.07. The number of hydrogen-bond acceptors (Lipinski definition) is 2. The van der Waals surface area contributed by atoms with Crippen molar-refractivity contribution in [3.05, 3.63) is 29.8 Å². The average Bonchev–Trinajstić information content (AvgIpc) is 2.26. The summed E-state index contributed by atoms with van der Waals surface area (Å²) in [5.74, 6) is -1.90. The molecule has 0 bridgehead atoms. The predicted molar refractivity (Wildman–Crippen MR) is 61.0 cm³/mol. The number of halogens is 4. The van der Waals surface area contributed by atoms with Crippen LogP contribution < -0.4 is 10.6 Å². The summed E-state index contributed by atoms with van der Waals surface area (Å²) >= 11 is 0. The van der Waals surface area contributed by atoms with Gasteiger partial charge in [-0.15, -0.1) is 12.4 Å². The molecule has 3 nitrogen and oxygen atoms in total. The Morgan fingerprint density at radius 3 is 2.47 bits per heavy atom. The molecule has 1 aromatic carbocycles. The highest BCUT2D eigenvalue weighted by molar-refractivity contribution is 5.96. The molecule has 17 heavy (non-hydrogen) atoms. The van der Waals surface area contributed by atoms with Crippen molar-refractivity contribution in [2.24, 2.45) is 5.73 Å². The molecule has 0 aliphatic rings. The minimum atomic E-state index is -4.87. The third-order valence-corrected chi connectivity index (χ3v) is 2.08. The van der Waals surface area contributed by atoms with Gasteiger partial charge in [0.1, 0.15) is 0 Å². The summed E-state index contributed by atoms with van der Waals surface area (Å²) in [4.78, 5) is 11.5. The van der Waals surface area contributed by atoms with Crippen LogP contribution in [-0.2, 0) is 11.3 Å². The SMILES string of the molecule is CN(C(=O)C(F)(F)F)c1cccc(CN)c1.Cl. The lowest BCUT2D eigenvalue weighted by Gasteiger charge is -2.19.